The summed E-state index contributed by atoms with van der Waals surface area (Å²) in [4.78, 5) is 42.7. The maximum atomic E-state index is 12.3. The Balaban J connectivity index is 4.11. The molecule has 0 bridgehead atoms. The van der Waals surface area contributed by atoms with Gasteiger partial charge < -0.3 is 24.4 Å². The Morgan fingerprint density at radius 1 is 0.653 bits per heavy atom. The lowest BCUT2D eigenvalue weighted by atomic mass is 10.0. The zero-order chi connectivity index (χ0) is 36.4. The van der Waals surface area contributed by atoms with E-state index in [2.05, 4.69) is 55.7 Å². The van der Waals surface area contributed by atoms with Gasteiger partial charge in [-0.2, -0.15) is 0 Å². The lowest BCUT2D eigenvalue weighted by Crippen LogP contribution is -2.29. The van der Waals surface area contributed by atoms with E-state index in [1.165, 1.54) is 44.9 Å². The van der Waals surface area contributed by atoms with Crippen LogP contribution < -0.4 is 0 Å². The quantitative estimate of drug-likeness (QED) is 0.0262. The van der Waals surface area contributed by atoms with Crippen molar-refractivity contribution in [2.75, 3.05) is 13.2 Å². The summed E-state index contributed by atoms with van der Waals surface area (Å²) in [6.45, 7) is 5.73. The smallest absolute Gasteiger partial charge is 0.462 e. The first-order valence-electron chi connectivity index (χ1n) is 18.9. The van der Waals surface area contributed by atoms with E-state index in [0.29, 0.717) is 25.7 Å². The maximum absolute atomic E-state index is 12.3. The minimum atomic E-state index is -4.77. The third-order valence-electron chi connectivity index (χ3n) is 7.83. The summed E-state index contributed by atoms with van der Waals surface area (Å²) in [7, 11) is -4.77. The number of ether oxygens (including phenoxy) is 2. The van der Waals surface area contributed by atoms with Crippen molar-refractivity contribution >= 4 is 19.8 Å². The van der Waals surface area contributed by atoms with Crippen LogP contribution in [0.25, 0.3) is 0 Å². The van der Waals surface area contributed by atoms with Gasteiger partial charge in [0.25, 0.3) is 0 Å². The number of aliphatic hydroxyl groups excluding tert-OH is 1. The van der Waals surface area contributed by atoms with E-state index < -0.39 is 32.5 Å². The third-order valence-corrected chi connectivity index (χ3v) is 8.32. The van der Waals surface area contributed by atoms with Gasteiger partial charge in [0, 0.05) is 12.8 Å². The fourth-order valence-electron chi connectivity index (χ4n) is 5.03. The fraction of sp³-hybridized carbons (Fsp3) is 0.744. The Morgan fingerprint density at radius 2 is 1.16 bits per heavy atom. The van der Waals surface area contributed by atoms with Crippen LogP contribution >= 0.6 is 7.82 Å². The predicted octanol–water partition coefficient (Wildman–Crippen LogP) is 10.0. The van der Waals surface area contributed by atoms with Crippen LogP contribution in [-0.2, 0) is 28.2 Å². The van der Waals surface area contributed by atoms with Crippen molar-refractivity contribution in [1.29, 1.82) is 0 Å². The molecule has 0 radical (unpaired) electrons. The summed E-state index contributed by atoms with van der Waals surface area (Å²) in [6, 6.07) is 0. The number of rotatable bonds is 33. The number of unbranched alkanes of at least 4 members (excludes halogenated alkanes) is 10. The van der Waals surface area contributed by atoms with Gasteiger partial charge in [-0.25, -0.2) is 4.57 Å². The zero-order valence-corrected chi connectivity index (χ0v) is 31.7. The van der Waals surface area contributed by atoms with Crippen molar-refractivity contribution in [1.82, 2.24) is 0 Å². The minimum Gasteiger partial charge on any atom is -0.462 e. The van der Waals surface area contributed by atoms with E-state index in [-0.39, 0.29) is 25.6 Å². The molecule has 0 spiro atoms. The molecular weight excluding hydrogens is 643 g/mol. The van der Waals surface area contributed by atoms with Crippen LogP contribution in [0, 0.1) is 5.92 Å². The lowest BCUT2D eigenvalue weighted by molar-refractivity contribution is -0.161. The second-order valence-corrected chi connectivity index (χ2v) is 14.5. The molecule has 0 saturated carbocycles. The molecule has 1 unspecified atom stereocenters. The number of carbonyl (C=O) groups excluding carboxylic acids is 2. The molecule has 9 nitrogen and oxygen atoms in total. The monoisotopic (exact) mass is 712 g/mol. The molecule has 2 atom stereocenters. The van der Waals surface area contributed by atoms with Crippen molar-refractivity contribution in [3.8, 4) is 0 Å². The molecule has 10 heteroatoms. The van der Waals surface area contributed by atoms with Gasteiger partial charge in [0.1, 0.15) is 6.61 Å². The molecule has 49 heavy (non-hydrogen) atoms. The second-order valence-electron chi connectivity index (χ2n) is 13.2. The highest BCUT2D eigenvalue weighted by Crippen LogP contribution is 2.36. The number of esters is 2. The molecule has 284 valence electrons. The fourth-order valence-corrected chi connectivity index (χ4v) is 5.40. The summed E-state index contributed by atoms with van der Waals surface area (Å²) in [5.74, 6) is -0.180. The standard InChI is InChI=1S/C39H69O9P/c1-4-28-36(40)30-25-21-17-13-8-6-5-7-9-15-19-23-27-32-39(42)48-37(34-47-49(43,44)45)33-46-38(41)31-26-22-18-14-11-10-12-16-20-24-29-35(2)3/h5,7-8,13,15,19,21,25,35-37,40H,4,6,9-12,14,16-18,20,22-24,26-34H2,1-3H3,(H2,43,44,45)/b7-5-,13-8-,19-15-,25-21-/t36?,37-/m1/s1. The number of allylic oxidation sites excluding steroid dienone is 7. The summed E-state index contributed by atoms with van der Waals surface area (Å²) in [5, 5.41) is 9.69. The van der Waals surface area contributed by atoms with Gasteiger partial charge in [0.05, 0.1) is 12.7 Å². The van der Waals surface area contributed by atoms with Crippen LogP contribution in [0.2, 0.25) is 0 Å². The largest absolute Gasteiger partial charge is 0.469 e. The molecule has 0 aliphatic rings. The molecule has 0 aromatic carbocycles. The molecule has 0 aromatic heterocycles. The van der Waals surface area contributed by atoms with Gasteiger partial charge in [0.15, 0.2) is 6.10 Å². The molecule has 0 rings (SSSR count). The number of hydrogen-bond donors (Lipinski definition) is 3. The van der Waals surface area contributed by atoms with E-state index >= 15 is 0 Å². The molecule has 0 heterocycles. The first kappa shape index (κ1) is 47.0. The summed E-state index contributed by atoms with van der Waals surface area (Å²) < 4.78 is 26.2. The molecule has 0 amide bonds. The lowest BCUT2D eigenvalue weighted by Gasteiger charge is -2.18. The van der Waals surface area contributed by atoms with Crippen molar-refractivity contribution < 1.29 is 43.0 Å². The van der Waals surface area contributed by atoms with Crippen LogP contribution in [0.4, 0.5) is 0 Å². The molecule has 3 N–H and O–H groups in total. The normalized spacial score (nSPS) is 13.8. The third kappa shape index (κ3) is 37.1. The molecule has 0 aliphatic carbocycles. The Kier molecular flexibility index (Phi) is 31.8. The van der Waals surface area contributed by atoms with Crippen LogP contribution in [0.15, 0.2) is 48.6 Å². The maximum Gasteiger partial charge on any atom is 0.469 e. The molecule has 0 aromatic rings. The predicted molar refractivity (Wildman–Crippen MR) is 199 cm³/mol. The average molecular weight is 713 g/mol. The Labute approximate surface area is 297 Å². The van der Waals surface area contributed by atoms with E-state index in [9.17, 15) is 19.3 Å². The Hall–Kier alpha value is -2.03. The molecular formula is C39H69O9P. The SMILES string of the molecule is CCCC(O)C/C=C\C/C=C\C/C=C\C/C=C\CCCC(=O)O[C@H](COC(=O)CCCCCCCCCCCCC(C)C)COP(=O)(O)O. The average Bonchev–Trinajstić information content (AvgIpc) is 3.04. The zero-order valence-electron chi connectivity index (χ0n) is 30.9. The molecule has 0 fully saturated rings. The van der Waals surface area contributed by atoms with Crippen LogP contribution in [0.1, 0.15) is 156 Å². The van der Waals surface area contributed by atoms with Gasteiger partial charge in [-0.15, -0.1) is 0 Å². The molecule has 0 saturated heterocycles. The van der Waals surface area contributed by atoms with Crippen LogP contribution in [-0.4, -0.2) is 52.3 Å². The summed E-state index contributed by atoms with van der Waals surface area (Å²) in [5.41, 5.74) is 0. The van der Waals surface area contributed by atoms with Crippen molar-refractivity contribution in [2.24, 2.45) is 5.92 Å². The van der Waals surface area contributed by atoms with Gasteiger partial charge in [-0.1, -0.05) is 140 Å². The van der Waals surface area contributed by atoms with Crippen molar-refractivity contribution in [3.05, 3.63) is 48.6 Å². The highest BCUT2D eigenvalue weighted by atomic mass is 31.2. The highest BCUT2D eigenvalue weighted by Gasteiger charge is 2.22. The Morgan fingerprint density at radius 3 is 1.71 bits per heavy atom. The van der Waals surface area contributed by atoms with E-state index in [1.807, 2.05) is 18.2 Å². The number of aliphatic hydroxyl groups is 1. The highest BCUT2D eigenvalue weighted by molar-refractivity contribution is 7.46. The summed E-state index contributed by atoms with van der Waals surface area (Å²) in [6.07, 6.45) is 34.8. The van der Waals surface area contributed by atoms with Gasteiger partial charge in [0.2, 0.25) is 0 Å². The van der Waals surface area contributed by atoms with Crippen LogP contribution in [0.5, 0.6) is 0 Å². The molecule has 0 aliphatic heterocycles. The first-order chi connectivity index (χ1) is 23.5. The van der Waals surface area contributed by atoms with Gasteiger partial charge in [-0.05, 0) is 57.3 Å². The number of hydrogen-bond acceptors (Lipinski definition) is 7. The number of phosphoric acid groups is 1. The van der Waals surface area contributed by atoms with Crippen molar-refractivity contribution in [3.63, 3.8) is 0 Å². The second kappa shape index (κ2) is 33.1. The van der Waals surface area contributed by atoms with Gasteiger partial charge >= 0.3 is 19.8 Å². The van der Waals surface area contributed by atoms with E-state index in [4.69, 9.17) is 19.3 Å². The first-order valence-corrected chi connectivity index (χ1v) is 20.4. The Bertz CT molecular complexity index is 968. The number of carbonyl (C=O) groups is 2. The van der Waals surface area contributed by atoms with Gasteiger partial charge in [-0.3, -0.25) is 14.1 Å². The van der Waals surface area contributed by atoms with Crippen molar-refractivity contribution in [2.45, 2.75) is 168 Å². The minimum absolute atomic E-state index is 0.121. The summed E-state index contributed by atoms with van der Waals surface area (Å²) >= 11 is 0. The number of phosphoric ester groups is 1. The van der Waals surface area contributed by atoms with E-state index in [0.717, 1.165) is 57.3 Å². The van der Waals surface area contributed by atoms with Crippen LogP contribution in [0.3, 0.4) is 0 Å². The topological polar surface area (TPSA) is 140 Å². The van der Waals surface area contributed by atoms with E-state index in [1.54, 1.807) is 0 Å².